The molecule has 2 aromatic rings. The molecule has 0 bridgehead atoms. The molecule has 0 aliphatic rings. The molecule has 0 aliphatic carbocycles. The van der Waals surface area contributed by atoms with Gasteiger partial charge in [-0.25, -0.2) is 14.4 Å². The second-order valence-electron chi connectivity index (χ2n) is 4.24. The first kappa shape index (κ1) is 12.5. The van der Waals surface area contributed by atoms with E-state index in [0.29, 0.717) is 18.2 Å². The topological polar surface area (TPSA) is 37.8 Å². The second kappa shape index (κ2) is 5.12. The lowest BCUT2D eigenvalue weighted by Gasteiger charge is -2.09. The van der Waals surface area contributed by atoms with Crippen LogP contribution in [0, 0.1) is 19.7 Å². The molecular weight excluding hydrogens is 229 g/mol. The van der Waals surface area contributed by atoms with Crippen molar-refractivity contribution in [3.05, 3.63) is 41.3 Å². The zero-order valence-corrected chi connectivity index (χ0v) is 10.8. The summed E-state index contributed by atoms with van der Waals surface area (Å²) in [6, 6.07) is 5.87. The summed E-state index contributed by atoms with van der Waals surface area (Å²) in [5.41, 5.74) is 3.31. The van der Waals surface area contributed by atoms with Crippen LogP contribution in [0.2, 0.25) is 0 Å². The van der Waals surface area contributed by atoms with Gasteiger partial charge in [0.1, 0.15) is 5.69 Å². The van der Waals surface area contributed by atoms with Crippen LogP contribution in [0.1, 0.15) is 18.1 Å². The lowest BCUT2D eigenvalue weighted by atomic mass is 10.0. The molecule has 4 heteroatoms. The van der Waals surface area contributed by atoms with Gasteiger partial charge in [-0.1, -0.05) is 23.8 Å². The van der Waals surface area contributed by atoms with Crippen molar-refractivity contribution >= 4 is 5.95 Å². The molecule has 0 fully saturated rings. The highest BCUT2D eigenvalue weighted by atomic mass is 19.1. The van der Waals surface area contributed by atoms with Crippen molar-refractivity contribution in [3.8, 4) is 11.3 Å². The summed E-state index contributed by atoms with van der Waals surface area (Å²) in [5.74, 6) is 0.0532. The Kier molecular flexibility index (Phi) is 3.55. The Morgan fingerprint density at radius 2 is 2.06 bits per heavy atom. The van der Waals surface area contributed by atoms with Crippen LogP contribution < -0.4 is 5.32 Å². The number of nitrogens with zero attached hydrogens (tertiary/aromatic N) is 2. The van der Waals surface area contributed by atoms with Crippen LogP contribution in [0.3, 0.4) is 0 Å². The molecule has 0 aliphatic heterocycles. The highest BCUT2D eigenvalue weighted by molar-refractivity contribution is 5.65. The van der Waals surface area contributed by atoms with E-state index in [1.54, 1.807) is 0 Å². The van der Waals surface area contributed by atoms with Crippen LogP contribution in [0.5, 0.6) is 0 Å². The first-order valence-corrected chi connectivity index (χ1v) is 5.96. The van der Waals surface area contributed by atoms with Crippen molar-refractivity contribution in [2.24, 2.45) is 0 Å². The molecule has 18 heavy (non-hydrogen) atoms. The van der Waals surface area contributed by atoms with Gasteiger partial charge in [0.25, 0.3) is 0 Å². The third-order valence-electron chi connectivity index (χ3n) is 2.72. The maximum atomic E-state index is 13.8. The average Bonchev–Trinajstić information content (AvgIpc) is 2.33. The first-order valence-electron chi connectivity index (χ1n) is 5.96. The van der Waals surface area contributed by atoms with Crippen LogP contribution in [0.4, 0.5) is 10.3 Å². The Bertz CT molecular complexity index is 567. The summed E-state index contributed by atoms with van der Waals surface area (Å²) in [6.07, 6.45) is 1.21. The number of aromatic nitrogens is 2. The predicted octanol–water partition coefficient (Wildman–Crippen LogP) is 3.33. The maximum absolute atomic E-state index is 13.8. The van der Waals surface area contributed by atoms with Crippen LogP contribution in [0.15, 0.2) is 24.4 Å². The van der Waals surface area contributed by atoms with Gasteiger partial charge >= 0.3 is 0 Å². The number of nitrogens with one attached hydrogen (secondary N) is 1. The van der Waals surface area contributed by atoms with Gasteiger partial charge in [-0.05, 0) is 26.3 Å². The van der Waals surface area contributed by atoms with Gasteiger partial charge in [0.2, 0.25) is 5.95 Å². The van der Waals surface area contributed by atoms with E-state index in [-0.39, 0.29) is 0 Å². The second-order valence-corrected chi connectivity index (χ2v) is 4.24. The Balaban J connectivity index is 2.51. The van der Waals surface area contributed by atoms with E-state index in [1.165, 1.54) is 6.20 Å². The van der Waals surface area contributed by atoms with Crippen molar-refractivity contribution in [1.29, 1.82) is 0 Å². The molecule has 0 unspecified atom stereocenters. The van der Waals surface area contributed by atoms with Crippen molar-refractivity contribution in [2.45, 2.75) is 20.8 Å². The summed E-state index contributed by atoms with van der Waals surface area (Å²) in [4.78, 5) is 8.13. The van der Waals surface area contributed by atoms with Gasteiger partial charge in [0.15, 0.2) is 5.82 Å². The largest absolute Gasteiger partial charge is 0.354 e. The van der Waals surface area contributed by atoms with Crippen molar-refractivity contribution in [3.63, 3.8) is 0 Å². The molecule has 1 N–H and O–H groups in total. The fourth-order valence-corrected chi connectivity index (χ4v) is 1.88. The molecule has 1 aromatic heterocycles. The van der Waals surface area contributed by atoms with Crippen LogP contribution >= 0.6 is 0 Å². The molecule has 2 rings (SSSR count). The lowest BCUT2D eigenvalue weighted by Crippen LogP contribution is -2.04. The molecule has 0 saturated heterocycles. The summed E-state index contributed by atoms with van der Waals surface area (Å²) < 4.78 is 13.8. The van der Waals surface area contributed by atoms with Crippen LogP contribution in [0.25, 0.3) is 11.3 Å². The smallest absolute Gasteiger partial charge is 0.223 e. The number of hydrogen-bond acceptors (Lipinski definition) is 3. The fourth-order valence-electron chi connectivity index (χ4n) is 1.88. The number of rotatable bonds is 3. The summed E-state index contributed by atoms with van der Waals surface area (Å²) in [5, 5.41) is 2.99. The molecule has 0 amide bonds. The van der Waals surface area contributed by atoms with E-state index in [1.807, 2.05) is 39.0 Å². The molecule has 3 nitrogen and oxygen atoms in total. The van der Waals surface area contributed by atoms with E-state index >= 15 is 0 Å². The normalized spacial score (nSPS) is 10.4. The van der Waals surface area contributed by atoms with Crippen LogP contribution in [-0.2, 0) is 0 Å². The van der Waals surface area contributed by atoms with E-state index in [9.17, 15) is 4.39 Å². The SMILES string of the molecule is CCNc1ncc(F)c(-c2ccc(C)cc2C)n1. The Labute approximate surface area is 106 Å². The Morgan fingerprint density at radius 1 is 1.28 bits per heavy atom. The minimum Gasteiger partial charge on any atom is -0.354 e. The minimum atomic E-state index is -0.399. The number of aryl methyl sites for hydroxylation is 2. The van der Waals surface area contributed by atoms with E-state index in [4.69, 9.17) is 0 Å². The molecule has 0 spiro atoms. The van der Waals surface area contributed by atoms with Gasteiger partial charge < -0.3 is 5.32 Å². The highest BCUT2D eigenvalue weighted by Crippen LogP contribution is 2.25. The van der Waals surface area contributed by atoms with Gasteiger partial charge in [-0.15, -0.1) is 0 Å². The molecule has 94 valence electrons. The van der Waals surface area contributed by atoms with Gasteiger partial charge in [-0.3, -0.25) is 0 Å². The summed E-state index contributed by atoms with van der Waals surface area (Å²) in [7, 11) is 0. The van der Waals surface area contributed by atoms with Crippen molar-refractivity contribution in [2.75, 3.05) is 11.9 Å². The molecular formula is C14H16FN3. The number of anilines is 1. The van der Waals surface area contributed by atoms with E-state index in [2.05, 4.69) is 15.3 Å². The van der Waals surface area contributed by atoms with E-state index < -0.39 is 5.82 Å². The number of hydrogen-bond donors (Lipinski definition) is 1. The number of halogens is 1. The molecule has 0 saturated carbocycles. The van der Waals surface area contributed by atoms with Gasteiger partial charge in [-0.2, -0.15) is 0 Å². The summed E-state index contributed by atoms with van der Waals surface area (Å²) >= 11 is 0. The Hall–Kier alpha value is -1.97. The highest BCUT2D eigenvalue weighted by Gasteiger charge is 2.11. The fraction of sp³-hybridized carbons (Fsp3) is 0.286. The molecule has 1 aromatic carbocycles. The standard InChI is InChI=1S/C14H16FN3/c1-4-16-14-17-8-12(15)13(18-14)11-6-5-9(2)7-10(11)3/h5-8H,4H2,1-3H3,(H,16,17,18). The zero-order valence-electron chi connectivity index (χ0n) is 10.8. The maximum Gasteiger partial charge on any atom is 0.223 e. The predicted molar refractivity (Wildman–Crippen MR) is 71.1 cm³/mol. The van der Waals surface area contributed by atoms with Crippen molar-refractivity contribution < 1.29 is 4.39 Å². The molecule has 1 heterocycles. The first-order chi connectivity index (χ1) is 8.61. The van der Waals surface area contributed by atoms with Crippen molar-refractivity contribution in [1.82, 2.24) is 9.97 Å². The third-order valence-corrected chi connectivity index (χ3v) is 2.72. The quantitative estimate of drug-likeness (QED) is 0.901. The molecule has 0 radical (unpaired) electrons. The van der Waals surface area contributed by atoms with Crippen LogP contribution in [-0.4, -0.2) is 16.5 Å². The van der Waals surface area contributed by atoms with E-state index in [0.717, 1.165) is 16.7 Å². The van der Waals surface area contributed by atoms with Gasteiger partial charge in [0.05, 0.1) is 6.20 Å². The molecule has 0 atom stereocenters. The van der Waals surface area contributed by atoms with Gasteiger partial charge in [0, 0.05) is 12.1 Å². The zero-order chi connectivity index (χ0) is 13.1. The lowest BCUT2D eigenvalue weighted by molar-refractivity contribution is 0.618. The summed E-state index contributed by atoms with van der Waals surface area (Å²) in [6.45, 7) is 6.62. The monoisotopic (exact) mass is 245 g/mol. The Morgan fingerprint density at radius 3 is 2.72 bits per heavy atom. The minimum absolute atomic E-state index is 0.346. The number of benzene rings is 1. The third kappa shape index (κ3) is 2.47. The average molecular weight is 245 g/mol.